The summed E-state index contributed by atoms with van der Waals surface area (Å²) in [5.41, 5.74) is 2.07. The Morgan fingerprint density at radius 3 is 2.69 bits per heavy atom. The van der Waals surface area contributed by atoms with Gasteiger partial charge in [-0.1, -0.05) is 18.2 Å². The third-order valence-corrected chi connectivity index (χ3v) is 6.16. The highest BCUT2D eigenvalue weighted by Crippen LogP contribution is 2.35. The summed E-state index contributed by atoms with van der Waals surface area (Å²) in [5.74, 6) is 0.447. The third-order valence-electron chi connectivity index (χ3n) is 6.16. The molecule has 0 saturated carbocycles. The van der Waals surface area contributed by atoms with Gasteiger partial charge in [-0.05, 0) is 31.7 Å². The Hall–Kier alpha value is -2.58. The number of carbonyl (C=O) groups excluding carboxylic acids is 1. The van der Waals surface area contributed by atoms with Gasteiger partial charge in [0.1, 0.15) is 12.4 Å². The minimum absolute atomic E-state index is 0.00689. The maximum absolute atomic E-state index is 14.5. The standard InChI is InChI=1S/C24H31FN4O3/c1-28(2)24-26-14-20(19-7-3-4-8-21(19)25)23(27-24)17-9-11-29(12-10-17)22(30)16-31-15-18-6-5-13-32-18/h3-4,7-8,14,17-18H,5-6,9-13,15-16H2,1-2H3/t18-/m0/s1. The number of amides is 1. The van der Waals surface area contributed by atoms with E-state index in [0.717, 1.165) is 43.5 Å². The highest BCUT2D eigenvalue weighted by atomic mass is 19.1. The summed E-state index contributed by atoms with van der Waals surface area (Å²) < 4.78 is 25.7. The predicted octanol–water partition coefficient (Wildman–Crippen LogP) is 3.25. The zero-order valence-corrected chi connectivity index (χ0v) is 18.8. The number of piperidine rings is 1. The molecule has 0 unspecified atom stereocenters. The molecule has 1 aromatic heterocycles. The van der Waals surface area contributed by atoms with E-state index in [1.165, 1.54) is 6.07 Å². The lowest BCUT2D eigenvalue weighted by Crippen LogP contribution is -2.40. The molecular formula is C24H31FN4O3. The lowest BCUT2D eigenvalue weighted by Gasteiger charge is -2.32. The van der Waals surface area contributed by atoms with E-state index < -0.39 is 0 Å². The smallest absolute Gasteiger partial charge is 0.248 e. The van der Waals surface area contributed by atoms with E-state index in [9.17, 15) is 9.18 Å². The predicted molar refractivity (Wildman–Crippen MR) is 120 cm³/mol. The summed E-state index contributed by atoms with van der Waals surface area (Å²) in [4.78, 5) is 25.5. The number of likely N-dealkylation sites (tertiary alicyclic amines) is 1. The Morgan fingerprint density at radius 1 is 1.22 bits per heavy atom. The van der Waals surface area contributed by atoms with E-state index in [1.54, 1.807) is 18.3 Å². The van der Waals surface area contributed by atoms with E-state index in [0.29, 0.717) is 31.2 Å². The molecule has 0 bridgehead atoms. The first-order valence-electron chi connectivity index (χ1n) is 11.3. The number of nitrogens with zero attached hydrogens (tertiary/aromatic N) is 4. The molecule has 7 nitrogen and oxygen atoms in total. The fourth-order valence-electron chi connectivity index (χ4n) is 4.35. The number of anilines is 1. The van der Waals surface area contributed by atoms with E-state index >= 15 is 0 Å². The third kappa shape index (κ3) is 5.24. The molecule has 32 heavy (non-hydrogen) atoms. The van der Waals surface area contributed by atoms with Gasteiger partial charge in [0.2, 0.25) is 11.9 Å². The summed E-state index contributed by atoms with van der Waals surface area (Å²) in [6, 6.07) is 6.71. The number of rotatable bonds is 7. The summed E-state index contributed by atoms with van der Waals surface area (Å²) in [5, 5.41) is 0. The Morgan fingerprint density at radius 2 is 2.00 bits per heavy atom. The average molecular weight is 443 g/mol. The Balaban J connectivity index is 1.42. The lowest BCUT2D eigenvalue weighted by molar-refractivity contribution is -0.138. The van der Waals surface area contributed by atoms with Gasteiger partial charge in [-0.3, -0.25) is 4.79 Å². The zero-order chi connectivity index (χ0) is 22.5. The first-order valence-corrected chi connectivity index (χ1v) is 11.3. The molecule has 0 radical (unpaired) electrons. The summed E-state index contributed by atoms with van der Waals surface area (Å²) in [6.07, 6.45) is 5.42. The molecule has 2 saturated heterocycles. The molecule has 2 fully saturated rings. The van der Waals surface area contributed by atoms with Crippen molar-refractivity contribution in [1.29, 1.82) is 0 Å². The number of halogens is 1. The molecule has 1 amide bonds. The zero-order valence-electron chi connectivity index (χ0n) is 18.8. The van der Waals surface area contributed by atoms with Crippen LogP contribution in [0.25, 0.3) is 11.1 Å². The van der Waals surface area contributed by atoms with E-state index in [1.807, 2.05) is 30.0 Å². The second kappa shape index (κ2) is 10.4. The van der Waals surface area contributed by atoms with Gasteiger partial charge in [0.25, 0.3) is 0 Å². The van der Waals surface area contributed by atoms with Gasteiger partial charge in [-0.2, -0.15) is 0 Å². The molecule has 8 heteroatoms. The van der Waals surface area contributed by atoms with Gasteiger partial charge in [0.15, 0.2) is 0 Å². The van der Waals surface area contributed by atoms with Gasteiger partial charge in [-0.25, -0.2) is 14.4 Å². The molecule has 172 valence electrons. The molecule has 3 heterocycles. The number of aromatic nitrogens is 2. The maximum atomic E-state index is 14.5. The minimum atomic E-state index is -0.286. The molecule has 2 aliphatic heterocycles. The molecule has 0 aliphatic carbocycles. The summed E-state index contributed by atoms with van der Waals surface area (Å²) in [7, 11) is 3.78. The van der Waals surface area contributed by atoms with Crippen LogP contribution in [0.1, 0.15) is 37.3 Å². The van der Waals surface area contributed by atoms with E-state index in [4.69, 9.17) is 14.5 Å². The van der Waals surface area contributed by atoms with Crippen LogP contribution in [0.15, 0.2) is 30.5 Å². The fourth-order valence-corrected chi connectivity index (χ4v) is 4.35. The second-order valence-corrected chi connectivity index (χ2v) is 8.65. The first kappa shape index (κ1) is 22.6. The van der Waals surface area contributed by atoms with Crippen molar-refractivity contribution in [2.24, 2.45) is 0 Å². The Bertz CT molecular complexity index is 925. The Labute approximate surface area is 188 Å². The van der Waals surface area contributed by atoms with Gasteiger partial charge in [0, 0.05) is 57.0 Å². The van der Waals surface area contributed by atoms with Gasteiger partial charge in [-0.15, -0.1) is 0 Å². The molecule has 2 aliphatic rings. The van der Waals surface area contributed by atoms with Crippen LogP contribution in [0.2, 0.25) is 0 Å². The summed E-state index contributed by atoms with van der Waals surface area (Å²) >= 11 is 0. The van der Waals surface area contributed by atoms with Crippen LogP contribution in [-0.4, -0.2) is 73.9 Å². The number of carbonyl (C=O) groups is 1. The van der Waals surface area contributed by atoms with Crippen molar-refractivity contribution >= 4 is 11.9 Å². The lowest BCUT2D eigenvalue weighted by atomic mass is 9.88. The molecule has 0 spiro atoms. The van der Waals surface area contributed by atoms with Crippen LogP contribution in [0.3, 0.4) is 0 Å². The van der Waals surface area contributed by atoms with Crippen molar-refractivity contribution in [3.05, 3.63) is 42.0 Å². The highest BCUT2D eigenvalue weighted by Gasteiger charge is 2.28. The van der Waals surface area contributed by atoms with E-state index in [-0.39, 0.29) is 30.4 Å². The van der Waals surface area contributed by atoms with Crippen molar-refractivity contribution in [1.82, 2.24) is 14.9 Å². The molecule has 2 aromatic rings. The topological polar surface area (TPSA) is 67.8 Å². The van der Waals surface area contributed by atoms with Crippen LogP contribution >= 0.6 is 0 Å². The maximum Gasteiger partial charge on any atom is 0.248 e. The second-order valence-electron chi connectivity index (χ2n) is 8.65. The van der Waals surface area contributed by atoms with Crippen molar-refractivity contribution in [2.75, 3.05) is 51.9 Å². The van der Waals surface area contributed by atoms with Crippen LogP contribution < -0.4 is 4.90 Å². The quantitative estimate of drug-likeness (QED) is 0.656. The van der Waals surface area contributed by atoms with Crippen LogP contribution in [0.5, 0.6) is 0 Å². The number of hydrogen-bond donors (Lipinski definition) is 0. The largest absolute Gasteiger partial charge is 0.376 e. The van der Waals surface area contributed by atoms with Gasteiger partial charge >= 0.3 is 0 Å². The van der Waals surface area contributed by atoms with Crippen LogP contribution in [0, 0.1) is 5.82 Å². The minimum Gasteiger partial charge on any atom is -0.376 e. The highest BCUT2D eigenvalue weighted by molar-refractivity contribution is 5.77. The van der Waals surface area contributed by atoms with Crippen molar-refractivity contribution < 1.29 is 18.7 Å². The van der Waals surface area contributed by atoms with Crippen molar-refractivity contribution in [3.63, 3.8) is 0 Å². The first-order chi connectivity index (χ1) is 15.5. The molecule has 0 N–H and O–H groups in total. The molecule has 1 atom stereocenters. The normalized spacial score (nSPS) is 19.3. The average Bonchev–Trinajstić information content (AvgIpc) is 3.33. The molecule has 4 rings (SSSR count). The number of benzene rings is 1. The summed E-state index contributed by atoms with van der Waals surface area (Å²) in [6.45, 7) is 2.60. The van der Waals surface area contributed by atoms with Crippen molar-refractivity contribution in [3.8, 4) is 11.1 Å². The number of hydrogen-bond acceptors (Lipinski definition) is 6. The molecular weight excluding hydrogens is 411 g/mol. The van der Waals surface area contributed by atoms with Crippen molar-refractivity contribution in [2.45, 2.75) is 37.7 Å². The van der Waals surface area contributed by atoms with Gasteiger partial charge < -0.3 is 19.3 Å². The van der Waals surface area contributed by atoms with Crippen LogP contribution in [-0.2, 0) is 14.3 Å². The monoisotopic (exact) mass is 442 g/mol. The number of ether oxygens (including phenoxy) is 2. The van der Waals surface area contributed by atoms with Gasteiger partial charge in [0.05, 0.1) is 18.4 Å². The SMILES string of the molecule is CN(C)c1ncc(-c2ccccc2F)c(C2CCN(C(=O)COC[C@@H]3CCCO3)CC2)n1. The molecule has 1 aromatic carbocycles. The Kier molecular flexibility index (Phi) is 7.32. The van der Waals surface area contributed by atoms with Crippen LogP contribution in [0.4, 0.5) is 10.3 Å². The van der Waals surface area contributed by atoms with E-state index in [2.05, 4.69) is 4.98 Å². The fraction of sp³-hybridized carbons (Fsp3) is 0.542.